The number of nitrogens with one attached hydrogen (secondary N) is 1. The van der Waals surface area contributed by atoms with Gasteiger partial charge in [0.05, 0.1) is 6.04 Å². The van der Waals surface area contributed by atoms with Crippen LogP contribution in [-0.4, -0.2) is 31.6 Å². The molecule has 2 heterocycles. The number of hydrogen-bond donors (Lipinski definition) is 2. The summed E-state index contributed by atoms with van der Waals surface area (Å²) in [6.07, 6.45) is 2.41. The maximum atomic E-state index is 12.1. The third-order valence-electron chi connectivity index (χ3n) is 3.84. The Hall–Kier alpha value is -1.39. The first-order valence-corrected chi connectivity index (χ1v) is 6.64. The number of fused-ring (bicyclic) bond motifs is 1. The zero-order chi connectivity index (χ0) is 12.5. The summed E-state index contributed by atoms with van der Waals surface area (Å²) in [5.74, 6) is 0.264. The number of nitrogens with zero attached hydrogens (tertiary/aromatic N) is 1. The fourth-order valence-corrected chi connectivity index (χ4v) is 2.75. The largest absolute Gasteiger partial charge is 0.330 e. The van der Waals surface area contributed by atoms with E-state index >= 15 is 0 Å². The van der Waals surface area contributed by atoms with E-state index in [1.807, 2.05) is 4.90 Å². The van der Waals surface area contributed by atoms with Crippen molar-refractivity contribution in [2.24, 2.45) is 5.73 Å². The van der Waals surface area contributed by atoms with Gasteiger partial charge < -0.3 is 16.0 Å². The molecule has 0 radical (unpaired) electrons. The van der Waals surface area contributed by atoms with Crippen LogP contribution in [0.15, 0.2) is 18.2 Å². The van der Waals surface area contributed by atoms with Crippen LogP contribution in [-0.2, 0) is 17.6 Å². The maximum absolute atomic E-state index is 12.1. The van der Waals surface area contributed by atoms with E-state index in [0.717, 1.165) is 31.6 Å². The predicted octanol–water partition coefficient (Wildman–Crippen LogP) is 0.439. The van der Waals surface area contributed by atoms with Gasteiger partial charge in [0.1, 0.15) is 0 Å². The van der Waals surface area contributed by atoms with Crippen molar-refractivity contribution in [1.82, 2.24) is 5.32 Å². The molecule has 1 aromatic rings. The van der Waals surface area contributed by atoms with Gasteiger partial charge in [-0.3, -0.25) is 4.79 Å². The van der Waals surface area contributed by atoms with E-state index in [-0.39, 0.29) is 5.91 Å². The van der Waals surface area contributed by atoms with Gasteiger partial charge in [0, 0.05) is 25.2 Å². The van der Waals surface area contributed by atoms with Crippen LogP contribution in [0.25, 0.3) is 0 Å². The van der Waals surface area contributed by atoms with Gasteiger partial charge in [-0.1, -0.05) is 12.1 Å². The van der Waals surface area contributed by atoms with Crippen LogP contribution < -0.4 is 16.0 Å². The Kier molecular flexibility index (Phi) is 3.06. The highest BCUT2D eigenvalue weighted by Crippen LogP contribution is 2.31. The van der Waals surface area contributed by atoms with Gasteiger partial charge in [-0.05, 0) is 36.6 Å². The number of amides is 1. The highest BCUT2D eigenvalue weighted by atomic mass is 16.2. The molecule has 0 atom stereocenters. The normalized spacial score (nSPS) is 19.6. The number of anilines is 1. The fraction of sp³-hybridized carbons (Fsp3) is 0.500. The van der Waals surface area contributed by atoms with E-state index in [1.54, 1.807) is 0 Å². The van der Waals surface area contributed by atoms with Crippen molar-refractivity contribution in [3.8, 4) is 0 Å². The van der Waals surface area contributed by atoms with Gasteiger partial charge in [-0.25, -0.2) is 0 Å². The quantitative estimate of drug-likeness (QED) is 0.812. The van der Waals surface area contributed by atoms with Crippen molar-refractivity contribution in [3.05, 3.63) is 29.3 Å². The lowest BCUT2D eigenvalue weighted by Gasteiger charge is -2.41. The summed E-state index contributed by atoms with van der Waals surface area (Å²) in [6.45, 7) is 2.50. The third-order valence-corrected chi connectivity index (χ3v) is 3.84. The SMILES string of the molecule is NCCc1ccc2c(c1)CCC(=O)N2C1CNC1. The molecule has 0 bridgehead atoms. The lowest BCUT2D eigenvalue weighted by Crippen LogP contribution is -2.60. The third kappa shape index (κ3) is 1.91. The molecular formula is C14H19N3O. The molecule has 3 N–H and O–H groups in total. The Bertz CT molecular complexity index is 468. The molecule has 96 valence electrons. The minimum atomic E-state index is 0.264. The van der Waals surface area contributed by atoms with Gasteiger partial charge in [0.25, 0.3) is 0 Å². The second-order valence-corrected chi connectivity index (χ2v) is 5.08. The average Bonchev–Trinajstić information content (AvgIpc) is 2.31. The summed E-state index contributed by atoms with van der Waals surface area (Å²) < 4.78 is 0. The molecule has 1 fully saturated rings. The molecule has 0 aromatic heterocycles. The molecule has 18 heavy (non-hydrogen) atoms. The van der Waals surface area contributed by atoms with E-state index in [9.17, 15) is 4.79 Å². The first-order valence-electron chi connectivity index (χ1n) is 6.64. The zero-order valence-electron chi connectivity index (χ0n) is 10.5. The fourth-order valence-electron chi connectivity index (χ4n) is 2.75. The van der Waals surface area contributed by atoms with Crippen LogP contribution in [0.5, 0.6) is 0 Å². The summed E-state index contributed by atoms with van der Waals surface area (Å²) in [5.41, 5.74) is 9.28. The molecule has 4 nitrogen and oxygen atoms in total. The monoisotopic (exact) mass is 245 g/mol. The highest BCUT2D eigenvalue weighted by molar-refractivity contribution is 5.97. The highest BCUT2D eigenvalue weighted by Gasteiger charge is 2.33. The van der Waals surface area contributed by atoms with Crippen molar-refractivity contribution in [2.75, 3.05) is 24.5 Å². The van der Waals surface area contributed by atoms with Gasteiger partial charge in [0.15, 0.2) is 0 Å². The van der Waals surface area contributed by atoms with Crippen molar-refractivity contribution in [2.45, 2.75) is 25.3 Å². The van der Waals surface area contributed by atoms with Crippen LogP contribution in [0.2, 0.25) is 0 Å². The summed E-state index contributed by atoms with van der Waals surface area (Å²) in [6, 6.07) is 6.75. The summed E-state index contributed by atoms with van der Waals surface area (Å²) in [5, 5.41) is 3.23. The molecule has 1 saturated heterocycles. The van der Waals surface area contributed by atoms with Crippen LogP contribution in [0.1, 0.15) is 17.5 Å². The van der Waals surface area contributed by atoms with Crippen LogP contribution in [0, 0.1) is 0 Å². The molecule has 3 rings (SSSR count). The molecule has 0 saturated carbocycles. The Morgan fingerprint density at radius 3 is 2.83 bits per heavy atom. The minimum absolute atomic E-state index is 0.264. The number of hydrogen-bond acceptors (Lipinski definition) is 3. The summed E-state index contributed by atoms with van der Waals surface area (Å²) in [4.78, 5) is 14.1. The number of aryl methyl sites for hydroxylation is 1. The number of nitrogens with two attached hydrogens (primary N) is 1. The molecule has 1 amide bonds. The van der Waals surface area contributed by atoms with Gasteiger partial charge in [-0.15, -0.1) is 0 Å². The molecule has 2 aliphatic rings. The molecular weight excluding hydrogens is 226 g/mol. The lowest BCUT2D eigenvalue weighted by molar-refractivity contribution is -0.119. The Morgan fingerprint density at radius 1 is 1.33 bits per heavy atom. The van der Waals surface area contributed by atoms with Gasteiger partial charge in [-0.2, -0.15) is 0 Å². The Balaban J connectivity index is 1.93. The number of carbonyl (C=O) groups is 1. The minimum Gasteiger partial charge on any atom is -0.330 e. The second kappa shape index (κ2) is 4.71. The van der Waals surface area contributed by atoms with E-state index in [2.05, 4.69) is 23.5 Å². The van der Waals surface area contributed by atoms with E-state index < -0.39 is 0 Å². The number of benzene rings is 1. The summed E-state index contributed by atoms with van der Waals surface area (Å²) >= 11 is 0. The Morgan fingerprint density at radius 2 is 2.17 bits per heavy atom. The maximum Gasteiger partial charge on any atom is 0.227 e. The molecule has 2 aliphatic heterocycles. The zero-order valence-corrected chi connectivity index (χ0v) is 10.5. The van der Waals surface area contributed by atoms with Crippen LogP contribution in [0.3, 0.4) is 0 Å². The van der Waals surface area contributed by atoms with Crippen molar-refractivity contribution in [3.63, 3.8) is 0 Å². The van der Waals surface area contributed by atoms with Crippen molar-refractivity contribution >= 4 is 11.6 Å². The van der Waals surface area contributed by atoms with Crippen LogP contribution in [0.4, 0.5) is 5.69 Å². The molecule has 0 unspecified atom stereocenters. The van der Waals surface area contributed by atoms with Gasteiger partial charge in [0.2, 0.25) is 5.91 Å². The second-order valence-electron chi connectivity index (χ2n) is 5.08. The lowest BCUT2D eigenvalue weighted by atomic mass is 9.95. The summed E-state index contributed by atoms with van der Waals surface area (Å²) in [7, 11) is 0. The Labute approximate surface area is 107 Å². The smallest absolute Gasteiger partial charge is 0.227 e. The topological polar surface area (TPSA) is 58.4 Å². The van der Waals surface area contributed by atoms with Crippen molar-refractivity contribution in [1.29, 1.82) is 0 Å². The van der Waals surface area contributed by atoms with Crippen molar-refractivity contribution < 1.29 is 4.79 Å². The van der Waals surface area contributed by atoms with Crippen LogP contribution >= 0.6 is 0 Å². The first-order chi connectivity index (χ1) is 8.79. The van der Waals surface area contributed by atoms with E-state index in [1.165, 1.54) is 11.1 Å². The average molecular weight is 245 g/mol. The first kappa shape index (κ1) is 11.7. The predicted molar refractivity (Wildman–Crippen MR) is 71.7 cm³/mol. The van der Waals surface area contributed by atoms with E-state index in [0.29, 0.717) is 19.0 Å². The molecule has 1 aromatic carbocycles. The molecule has 4 heteroatoms. The number of carbonyl (C=O) groups excluding carboxylic acids is 1. The number of rotatable bonds is 3. The van der Waals surface area contributed by atoms with Gasteiger partial charge >= 0.3 is 0 Å². The standard InChI is InChI=1S/C14H19N3O/c15-6-5-10-1-3-13-11(7-10)2-4-14(18)17(13)12-8-16-9-12/h1,3,7,12,16H,2,4-6,8-9,15H2. The molecule has 0 aliphatic carbocycles. The molecule has 0 spiro atoms. The van der Waals surface area contributed by atoms with E-state index in [4.69, 9.17) is 5.73 Å².